The smallest absolute Gasteiger partial charge is 0.370 e. The average Bonchev–Trinajstić information content (AvgIpc) is 3.09. The van der Waals surface area contributed by atoms with Crippen LogP contribution >= 0.6 is 11.6 Å². The van der Waals surface area contributed by atoms with Crippen LogP contribution in [0.5, 0.6) is 0 Å². The van der Waals surface area contributed by atoms with Crippen molar-refractivity contribution in [3.8, 4) is 0 Å². The average molecular weight is 308 g/mol. The lowest BCUT2D eigenvalue weighted by atomic mass is 10.2. The highest BCUT2D eigenvalue weighted by Crippen LogP contribution is 2.49. The van der Waals surface area contributed by atoms with Gasteiger partial charge >= 0.3 is 6.18 Å². The van der Waals surface area contributed by atoms with Crippen molar-refractivity contribution in [1.82, 2.24) is 10.3 Å². The number of aromatic nitrogens is 1. The zero-order valence-electron chi connectivity index (χ0n) is 10.6. The largest absolute Gasteiger partial charge is 0.411 e. The lowest BCUT2D eigenvalue weighted by Crippen LogP contribution is -2.47. The molecule has 0 unspecified atom stereocenters. The molecule has 0 aromatic carbocycles. The molecule has 0 saturated heterocycles. The van der Waals surface area contributed by atoms with Crippen molar-refractivity contribution in [3.63, 3.8) is 0 Å². The Morgan fingerprint density at radius 2 is 2.10 bits per heavy atom. The van der Waals surface area contributed by atoms with Crippen LogP contribution < -0.4 is 10.6 Å². The van der Waals surface area contributed by atoms with Gasteiger partial charge in [-0.25, -0.2) is 4.98 Å². The lowest BCUT2D eigenvalue weighted by Gasteiger charge is -2.20. The number of hydrogen-bond donors (Lipinski definition) is 2. The van der Waals surface area contributed by atoms with Gasteiger partial charge in [0.2, 0.25) is 0 Å². The Labute approximate surface area is 118 Å². The van der Waals surface area contributed by atoms with Crippen LogP contribution in [0.3, 0.4) is 0 Å². The number of amides is 1. The van der Waals surface area contributed by atoms with E-state index in [1.54, 1.807) is 0 Å². The van der Waals surface area contributed by atoms with Crippen LogP contribution in [0, 0.1) is 0 Å². The monoisotopic (exact) mass is 307 g/mol. The number of carbonyl (C=O) groups excluding carboxylic acids is 1. The first kappa shape index (κ1) is 14.9. The number of anilines is 1. The Bertz CT molecular complexity index is 529. The quantitative estimate of drug-likeness (QED) is 0.841. The number of carbonyl (C=O) groups is 1. The molecule has 1 fully saturated rings. The van der Waals surface area contributed by atoms with Crippen molar-refractivity contribution in [2.24, 2.45) is 0 Å². The van der Waals surface area contributed by atoms with Gasteiger partial charge in [-0.05, 0) is 31.9 Å². The molecule has 1 saturated carbocycles. The zero-order valence-corrected chi connectivity index (χ0v) is 11.4. The fourth-order valence-electron chi connectivity index (χ4n) is 1.79. The molecular weight excluding hydrogens is 295 g/mol. The van der Waals surface area contributed by atoms with Gasteiger partial charge in [0.05, 0.1) is 0 Å². The van der Waals surface area contributed by atoms with E-state index in [2.05, 4.69) is 10.3 Å². The molecule has 0 atom stereocenters. The minimum atomic E-state index is -4.44. The third-order valence-electron chi connectivity index (χ3n) is 3.06. The first-order chi connectivity index (χ1) is 9.27. The topological polar surface area (TPSA) is 54.0 Å². The van der Waals surface area contributed by atoms with Crippen LogP contribution in [-0.4, -0.2) is 29.2 Å². The van der Waals surface area contributed by atoms with Crippen molar-refractivity contribution < 1.29 is 18.0 Å². The van der Waals surface area contributed by atoms with Gasteiger partial charge in [-0.1, -0.05) is 11.6 Å². The maximum Gasteiger partial charge on any atom is 0.411 e. The van der Waals surface area contributed by atoms with Crippen LogP contribution in [0.15, 0.2) is 12.1 Å². The highest BCUT2D eigenvalue weighted by molar-refractivity contribution is 6.29. The maximum absolute atomic E-state index is 12.8. The molecule has 0 bridgehead atoms. The summed E-state index contributed by atoms with van der Waals surface area (Å²) in [6, 6.07) is 2.61. The Morgan fingerprint density at radius 1 is 1.45 bits per heavy atom. The van der Waals surface area contributed by atoms with Gasteiger partial charge in [-0.15, -0.1) is 0 Å². The highest BCUT2D eigenvalue weighted by Gasteiger charge is 2.64. The Balaban J connectivity index is 2.18. The molecular formula is C12H13ClF3N3O. The van der Waals surface area contributed by atoms with E-state index in [4.69, 9.17) is 11.6 Å². The van der Waals surface area contributed by atoms with Crippen molar-refractivity contribution in [2.45, 2.75) is 31.5 Å². The SMILES string of the molecule is CCNc1cc(C(=O)NC2(C(F)(F)F)CC2)cc(Cl)n1. The molecule has 1 aliphatic carbocycles. The van der Waals surface area contributed by atoms with E-state index in [1.807, 2.05) is 12.2 Å². The van der Waals surface area contributed by atoms with Gasteiger partial charge in [0.25, 0.3) is 5.91 Å². The van der Waals surface area contributed by atoms with Crippen LogP contribution in [0.2, 0.25) is 5.15 Å². The number of halogens is 4. The number of hydrogen-bond acceptors (Lipinski definition) is 3. The minimum Gasteiger partial charge on any atom is -0.370 e. The van der Waals surface area contributed by atoms with Gasteiger partial charge in [-0.2, -0.15) is 13.2 Å². The summed E-state index contributed by atoms with van der Waals surface area (Å²) in [6.45, 7) is 2.38. The van der Waals surface area contributed by atoms with Crippen molar-refractivity contribution in [2.75, 3.05) is 11.9 Å². The van der Waals surface area contributed by atoms with E-state index in [0.717, 1.165) is 0 Å². The van der Waals surface area contributed by atoms with Gasteiger partial charge < -0.3 is 10.6 Å². The van der Waals surface area contributed by atoms with E-state index in [-0.39, 0.29) is 23.6 Å². The standard InChI is InChI=1S/C12H13ClF3N3O/c1-2-17-9-6-7(5-8(13)18-9)10(20)19-11(3-4-11)12(14,15)16/h5-6H,2-4H2,1H3,(H,17,18)(H,19,20). The molecule has 20 heavy (non-hydrogen) atoms. The number of nitrogens with one attached hydrogen (secondary N) is 2. The van der Waals surface area contributed by atoms with Crippen molar-refractivity contribution in [1.29, 1.82) is 0 Å². The number of rotatable bonds is 4. The number of alkyl halides is 3. The molecule has 110 valence electrons. The Hall–Kier alpha value is -1.50. The zero-order chi connectivity index (χ0) is 15.0. The van der Waals surface area contributed by atoms with Crippen molar-refractivity contribution in [3.05, 3.63) is 22.8 Å². The van der Waals surface area contributed by atoms with Crippen LogP contribution in [0.4, 0.5) is 19.0 Å². The third-order valence-corrected chi connectivity index (χ3v) is 3.25. The molecule has 1 aromatic heterocycles. The van der Waals surface area contributed by atoms with Crippen LogP contribution in [0.25, 0.3) is 0 Å². The number of nitrogens with zero attached hydrogens (tertiary/aromatic N) is 1. The van der Waals surface area contributed by atoms with Crippen LogP contribution in [0.1, 0.15) is 30.1 Å². The fraction of sp³-hybridized carbons (Fsp3) is 0.500. The second-order valence-corrected chi connectivity index (χ2v) is 5.02. The van der Waals surface area contributed by atoms with E-state index in [9.17, 15) is 18.0 Å². The van der Waals surface area contributed by atoms with Gasteiger partial charge in [0, 0.05) is 12.1 Å². The van der Waals surface area contributed by atoms with E-state index in [1.165, 1.54) is 12.1 Å². The van der Waals surface area contributed by atoms with Crippen molar-refractivity contribution >= 4 is 23.3 Å². The molecule has 2 rings (SSSR count). The van der Waals surface area contributed by atoms with Gasteiger partial charge in [-0.3, -0.25) is 4.79 Å². The predicted molar refractivity (Wildman–Crippen MR) is 68.9 cm³/mol. The molecule has 4 nitrogen and oxygen atoms in total. The highest BCUT2D eigenvalue weighted by atomic mass is 35.5. The summed E-state index contributed by atoms with van der Waals surface area (Å²) in [5.41, 5.74) is -2.03. The first-order valence-electron chi connectivity index (χ1n) is 6.08. The molecule has 2 N–H and O–H groups in total. The summed E-state index contributed by atoms with van der Waals surface area (Å²) >= 11 is 5.75. The third kappa shape index (κ3) is 2.98. The summed E-state index contributed by atoms with van der Waals surface area (Å²) in [5.74, 6) is -0.453. The predicted octanol–water partition coefficient (Wildman–Crippen LogP) is 2.99. The second-order valence-electron chi connectivity index (χ2n) is 4.63. The molecule has 0 radical (unpaired) electrons. The Kier molecular flexibility index (Phi) is 3.82. The maximum atomic E-state index is 12.8. The van der Waals surface area contributed by atoms with Gasteiger partial charge in [0.15, 0.2) is 0 Å². The lowest BCUT2D eigenvalue weighted by molar-refractivity contribution is -0.163. The summed E-state index contributed by atoms with van der Waals surface area (Å²) < 4.78 is 38.4. The summed E-state index contributed by atoms with van der Waals surface area (Å²) in [7, 11) is 0. The molecule has 1 aromatic rings. The van der Waals surface area contributed by atoms with Gasteiger partial charge in [0.1, 0.15) is 16.5 Å². The van der Waals surface area contributed by atoms with E-state index in [0.29, 0.717) is 12.4 Å². The molecule has 8 heteroatoms. The molecule has 1 amide bonds. The number of pyridine rings is 1. The fourth-order valence-corrected chi connectivity index (χ4v) is 2.00. The van der Waals surface area contributed by atoms with Crippen LogP contribution in [-0.2, 0) is 0 Å². The summed E-state index contributed by atoms with van der Waals surface area (Å²) in [6.07, 6.45) is -4.63. The second kappa shape index (κ2) is 5.12. The molecule has 0 aliphatic heterocycles. The summed E-state index contributed by atoms with van der Waals surface area (Å²) in [4.78, 5) is 15.8. The molecule has 1 aliphatic rings. The normalized spacial score (nSPS) is 16.6. The molecule has 1 heterocycles. The summed E-state index contributed by atoms with van der Waals surface area (Å²) in [5, 5.41) is 4.94. The van der Waals surface area contributed by atoms with E-state index < -0.39 is 17.6 Å². The minimum absolute atomic E-state index is 0.0467. The molecule has 0 spiro atoms. The first-order valence-corrected chi connectivity index (χ1v) is 6.46. The Morgan fingerprint density at radius 3 is 2.60 bits per heavy atom. The van der Waals surface area contributed by atoms with E-state index >= 15 is 0 Å².